The van der Waals surface area contributed by atoms with E-state index in [1.807, 2.05) is 6.92 Å². The average molecular weight is 285 g/mol. The van der Waals surface area contributed by atoms with Crippen LogP contribution in [-0.4, -0.2) is 72.7 Å². The first kappa shape index (κ1) is 17.4. The SMILES string of the molecule is CCNC(C)(CCCN1CCC(N(C)C)CC1)C(=O)O. The second kappa shape index (κ2) is 7.96. The maximum atomic E-state index is 11.3. The fourth-order valence-electron chi connectivity index (χ4n) is 2.98. The highest BCUT2D eigenvalue weighted by Crippen LogP contribution is 2.17. The predicted octanol–water partition coefficient (Wildman–Crippen LogP) is 1.25. The minimum Gasteiger partial charge on any atom is -0.480 e. The van der Waals surface area contributed by atoms with Crippen LogP contribution < -0.4 is 5.32 Å². The van der Waals surface area contributed by atoms with Crippen molar-refractivity contribution in [1.29, 1.82) is 0 Å². The number of piperidine rings is 1. The first-order valence-electron chi connectivity index (χ1n) is 7.76. The normalized spacial score (nSPS) is 21.1. The minimum absolute atomic E-state index is 0.684. The number of nitrogens with one attached hydrogen (secondary N) is 1. The zero-order valence-corrected chi connectivity index (χ0v) is 13.5. The molecular weight excluding hydrogens is 254 g/mol. The standard InChI is InChI=1S/C15H31N3O2/c1-5-16-15(2,14(19)20)9-6-10-18-11-7-13(8-12-18)17(3)4/h13,16H,5-12H2,1-4H3,(H,19,20). The van der Waals surface area contributed by atoms with Crippen molar-refractivity contribution in [3.63, 3.8) is 0 Å². The molecule has 118 valence electrons. The van der Waals surface area contributed by atoms with Crippen LogP contribution in [0.2, 0.25) is 0 Å². The van der Waals surface area contributed by atoms with Gasteiger partial charge in [-0.2, -0.15) is 0 Å². The Morgan fingerprint density at radius 3 is 2.45 bits per heavy atom. The molecule has 1 heterocycles. The van der Waals surface area contributed by atoms with Crippen molar-refractivity contribution in [2.75, 3.05) is 40.3 Å². The van der Waals surface area contributed by atoms with E-state index in [2.05, 4.69) is 29.2 Å². The van der Waals surface area contributed by atoms with Gasteiger partial charge in [-0.15, -0.1) is 0 Å². The van der Waals surface area contributed by atoms with E-state index in [1.165, 1.54) is 12.8 Å². The number of aliphatic carboxylic acids is 1. The van der Waals surface area contributed by atoms with E-state index in [1.54, 1.807) is 6.92 Å². The molecule has 0 saturated carbocycles. The van der Waals surface area contributed by atoms with Crippen molar-refractivity contribution in [2.45, 2.75) is 51.1 Å². The Kier molecular flexibility index (Phi) is 6.92. The van der Waals surface area contributed by atoms with Crippen LogP contribution in [0.25, 0.3) is 0 Å². The highest BCUT2D eigenvalue weighted by Gasteiger charge is 2.31. The second-order valence-electron chi connectivity index (χ2n) is 6.31. The number of likely N-dealkylation sites (tertiary alicyclic amines) is 1. The molecule has 5 heteroatoms. The third kappa shape index (κ3) is 5.04. The molecule has 0 spiro atoms. The monoisotopic (exact) mass is 285 g/mol. The van der Waals surface area contributed by atoms with Gasteiger partial charge in [-0.1, -0.05) is 6.92 Å². The Balaban J connectivity index is 2.29. The van der Waals surface area contributed by atoms with Gasteiger partial charge < -0.3 is 20.2 Å². The zero-order chi connectivity index (χ0) is 15.2. The molecule has 2 N–H and O–H groups in total. The van der Waals surface area contributed by atoms with E-state index in [9.17, 15) is 9.90 Å². The van der Waals surface area contributed by atoms with Crippen LogP contribution in [0.3, 0.4) is 0 Å². The molecule has 0 aromatic carbocycles. The van der Waals surface area contributed by atoms with Crippen LogP contribution in [0.5, 0.6) is 0 Å². The van der Waals surface area contributed by atoms with Gasteiger partial charge in [0.25, 0.3) is 0 Å². The summed E-state index contributed by atoms with van der Waals surface area (Å²) in [7, 11) is 4.30. The largest absolute Gasteiger partial charge is 0.480 e. The van der Waals surface area contributed by atoms with Gasteiger partial charge in [-0.25, -0.2) is 0 Å². The number of hydrogen-bond acceptors (Lipinski definition) is 4. The van der Waals surface area contributed by atoms with E-state index in [-0.39, 0.29) is 0 Å². The Morgan fingerprint density at radius 1 is 1.40 bits per heavy atom. The lowest BCUT2D eigenvalue weighted by Gasteiger charge is -2.35. The first-order valence-corrected chi connectivity index (χ1v) is 7.76. The third-order valence-corrected chi connectivity index (χ3v) is 4.48. The summed E-state index contributed by atoms with van der Waals surface area (Å²) in [5, 5.41) is 12.4. The van der Waals surface area contributed by atoms with Gasteiger partial charge in [0.1, 0.15) is 5.54 Å². The van der Waals surface area contributed by atoms with E-state index in [0.717, 1.165) is 26.1 Å². The smallest absolute Gasteiger partial charge is 0.323 e. The number of carboxylic acids is 1. The summed E-state index contributed by atoms with van der Waals surface area (Å²) < 4.78 is 0. The molecule has 0 amide bonds. The summed E-state index contributed by atoms with van der Waals surface area (Å²) in [6.07, 6.45) is 4.05. The molecule has 5 nitrogen and oxygen atoms in total. The van der Waals surface area contributed by atoms with Crippen LogP contribution in [0.4, 0.5) is 0 Å². The molecule has 0 bridgehead atoms. The Hall–Kier alpha value is -0.650. The minimum atomic E-state index is -0.781. The molecule has 0 aromatic heterocycles. The van der Waals surface area contributed by atoms with Gasteiger partial charge in [0.05, 0.1) is 0 Å². The summed E-state index contributed by atoms with van der Waals surface area (Å²) in [5.74, 6) is -0.745. The summed E-state index contributed by atoms with van der Waals surface area (Å²) in [5.41, 5.74) is -0.781. The lowest BCUT2D eigenvalue weighted by molar-refractivity contribution is -0.144. The van der Waals surface area contributed by atoms with Crippen LogP contribution in [0, 0.1) is 0 Å². The fourth-order valence-corrected chi connectivity index (χ4v) is 2.98. The molecule has 0 aliphatic carbocycles. The number of likely N-dealkylation sites (N-methyl/N-ethyl adjacent to an activating group) is 1. The third-order valence-electron chi connectivity index (χ3n) is 4.48. The van der Waals surface area contributed by atoms with Gasteiger partial charge >= 0.3 is 5.97 Å². The summed E-state index contributed by atoms with van der Waals surface area (Å²) >= 11 is 0. The molecule has 1 rings (SSSR count). The van der Waals surface area contributed by atoms with Crippen molar-refractivity contribution in [2.24, 2.45) is 0 Å². The summed E-state index contributed by atoms with van der Waals surface area (Å²) in [6, 6.07) is 0.706. The number of carbonyl (C=O) groups is 1. The van der Waals surface area contributed by atoms with E-state index >= 15 is 0 Å². The van der Waals surface area contributed by atoms with Crippen molar-refractivity contribution in [3.05, 3.63) is 0 Å². The van der Waals surface area contributed by atoms with Crippen LogP contribution in [0.1, 0.15) is 39.5 Å². The Morgan fingerprint density at radius 2 is 2.00 bits per heavy atom. The molecule has 1 fully saturated rings. The molecule has 0 aromatic rings. The maximum Gasteiger partial charge on any atom is 0.323 e. The van der Waals surface area contributed by atoms with Crippen LogP contribution in [0.15, 0.2) is 0 Å². The molecule has 1 atom stereocenters. The molecule has 1 aliphatic rings. The summed E-state index contributed by atoms with van der Waals surface area (Å²) in [6.45, 7) is 7.71. The molecule has 20 heavy (non-hydrogen) atoms. The number of rotatable bonds is 8. The van der Waals surface area contributed by atoms with E-state index < -0.39 is 11.5 Å². The van der Waals surface area contributed by atoms with Crippen molar-refractivity contribution >= 4 is 5.97 Å². The Labute approximate surface area is 123 Å². The lowest BCUT2D eigenvalue weighted by atomic mass is 9.95. The number of carboxylic acid groups (broad SMARTS) is 1. The van der Waals surface area contributed by atoms with Crippen LogP contribution in [-0.2, 0) is 4.79 Å². The van der Waals surface area contributed by atoms with Gasteiger partial charge in [0.15, 0.2) is 0 Å². The van der Waals surface area contributed by atoms with Crippen LogP contribution >= 0.6 is 0 Å². The van der Waals surface area contributed by atoms with Gasteiger partial charge in [-0.05, 0) is 72.9 Å². The lowest BCUT2D eigenvalue weighted by Crippen LogP contribution is -2.50. The van der Waals surface area contributed by atoms with Crippen molar-refractivity contribution in [3.8, 4) is 0 Å². The maximum absolute atomic E-state index is 11.3. The number of hydrogen-bond donors (Lipinski definition) is 2. The predicted molar refractivity (Wildman–Crippen MR) is 82.1 cm³/mol. The van der Waals surface area contributed by atoms with Gasteiger partial charge in [-0.3, -0.25) is 4.79 Å². The molecule has 0 radical (unpaired) electrons. The quantitative estimate of drug-likeness (QED) is 0.703. The topological polar surface area (TPSA) is 55.8 Å². The number of nitrogens with zero attached hydrogens (tertiary/aromatic N) is 2. The molecule has 1 saturated heterocycles. The zero-order valence-electron chi connectivity index (χ0n) is 13.5. The van der Waals surface area contributed by atoms with E-state index in [4.69, 9.17) is 0 Å². The molecule has 1 aliphatic heterocycles. The van der Waals surface area contributed by atoms with Gasteiger partial charge in [0, 0.05) is 6.04 Å². The van der Waals surface area contributed by atoms with Gasteiger partial charge in [0.2, 0.25) is 0 Å². The van der Waals surface area contributed by atoms with E-state index in [0.29, 0.717) is 19.0 Å². The van der Waals surface area contributed by atoms with Crippen molar-refractivity contribution < 1.29 is 9.90 Å². The highest BCUT2D eigenvalue weighted by atomic mass is 16.4. The fraction of sp³-hybridized carbons (Fsp3) is 0.933. The highest BCUT2D eigenvalue weighted by molar-refractivity contribution is 5.78. The van der Waals surface area contributed by atoms with Crippen molar-refractivity contribution in [1.82, 2.24) is 15.1 Å². The molecular formula is C15H31N3O2. The average Bonchev–Trinajstić information content (AvgIpc) is 2.39. The first-order chi connectivity index (χ1) is 9.39. The Bertz CT molecular complexity index is 301. The second-order valence-corrected chi connectivity index (χ2v) is 6.31. The summed E-state index contributed by atoms with van der Waals surface area (Å²) in [4.78, 5) is 16.1. The molecule has 1 unspecified atom stereocenters.